The van der Waals surface area contributed by atoms with E-state index >= 15 is 0 Å². The number of imidazole rings is 1. The van der Waals surface area contributed by atoms with Crippen LogP contribution in [0.25, 0.3) is 21.8 Å². The predicted molar refractivity (Wildman–Crippen MR) is 68.6 cm³/mol. The number of aromatic amines is 1. The van der Waals surface area contributed by atoms with Gasteiger partial charge >= 0.3 is 0 Å². The molecular formula is C11H9BrN4. The van der Waals surface area contributed by atoms with Gasteiger partial charge in [-0.1, -0.05) is 0 Å². The van der Waals surface area contributed by atoms with E-state index in [4.69, 9.17) is 0 Å². The van der Waals surface area contributed by atoms with Crippen LogP contribution in [-0.2, 0) is 0 Å². The van der Waals surface area contributed by atoms with Crippen LogP contribution in [0, 0.1) is 0 Å². The third-order valence-electron chi connectivity index (χ3n) is 2.61. The molecule has 1 aromatic carbocycles. The summed E-state index contributed by atoms with van der Waals surface area (Å²) in [4.78, 5) is 11.7. The van der Waals surface area contributed by atoms with E-state index in [1.165, 1.54) is 0 Å². The summed E-state index contributed by atoms with van der Waals surface area (Å²) in [6.45, 7) is 0. The molecule has 0 unspecified atom stereocenters. The molecule has 3 aromatic rings. The van der Waals surface area contributed by atoms with Gasteiger partial charge in [0.2, 0.25) is 0 Å². The van der Waals surface area contributed by atoms with Crippen LogP contribution in [0.15, 0.2) is 29.1 Å². The highest BCUT2D eigenvalue weighted by Gasteiger charge is 2.07. The highest BCUT2D eigenvalue weighted by Crippen LogP contribution is 2.30. The standard InChI is InChI=1S/C11H9BrN4/c1-13-9-3-7-6(4-14-9)2-8(12)11-10(7)15-5-16-11/h2-5H,1H3,(H,13,14)(H,15,16). The normalized spacial score (nSPS) is 11.1. The Hall–Kier alpha value is -1.62. The number of benzene rings is 1. The predicted octanol–water partition coefficient (Wildman–Crippen LogP) is 2.92. The highest BCUT2D eigenvalue weighted by molar-refractivity contribution is 9.10. The Morgan fingerprint density at radius 1 is 1.31 bits per heavy atom. The first kappa shape index (κ1) is 9.59. The lowest BCUT2D eigenvalue weighted by molar-refractivity contribution is 1.31. The maximum absolute atomic E-state index is 4.29. The van der Waals surface area contributed by atoms with Crippen LogP contribution >= 0.6 is 15.9 Å². The molecule has 5 heteroatoms. The van der Waals surface area contributed by atoms with Gasteiger partial charge in [0.15, 0.2) is 0 Å². The van der Waals surface area contributed by atoms with Gasteiger partial charge in [0.25, 0.3) is 0 Å². The SMILES string of the molecule is CNc1cc2c(cn1)cc(Br)c1nc[nH]c12. The zero-order valence-corrected chi connectivity index (χ0v) is 10.2. The summed E-state index contributed by atoms with van der Waals surface area (Å²) in [5, 5.41) is 5.24. The second-order valence-corrected chi connectivity index (χ2v) is 4.38. The fraction of sp³-hybridized carbons (Fsp3) is 0.0909. The van der Waals surface area contributed by atoms with Crippen molar-refractivity contribution in [2.24, 2.45) is 0 Å². The zero-order chi connectivity index (χ0) is 11.1. The summed E-state index contributed by atoms with van der Waals surface area (Å²) in [5.74, 6) is 0.853. The lowest BCUT2D eigenvalue weighted by Crippen LogP contribution is -1.91. The molecule has 0 bridgehead atoms. The Labute approximate surface area is 100 Å². The summed E-state index contributed by atoms with van der Waals surface area (Å²) in [6, 6.07) is 4.05. The number of H-pyrrole nitrogens is 1. The summed E-state index contributed by atoms with van der Waals surface area (Å²) in [7, 11) is 1.86. The largest absolute Gasteiger partial charge is 0.373 e. The van der Waals surface area contributed by atoms with Gasteiger partial charge in [-0.3, -0.25) is 0 Å². The molecule has 0 atom stereocenters. The van der Waals surface area contributed by atoms with Crippen LogP contribution in [0.3, 0.4) is 0 Å². The number of hydrogen-bond acceptors (Lipinski definition) is 3. The van der Waals surface area contributed by atoms with Gasteiger partial charge in [-0.25, -0.2) is 9.97 Å². The quantitative estimate of drug-likeness (QED) is 0.719. The average molecular weight is 277 g/mol. The molecule has 2 N–H and O–H groups in total. The third-order valence-corrected chi connectivity index (χ3v) is 3.21. The summed E-state index contributed by atoms with van der Waals surface area (Å²) < 4.78 is 0.982. The van der Waals surface area contributed by atoms with Crippen LogP contribution in [0.4, 0.5) is 5.82 Å². The molecule has 0 radical (unpaired) electrons. The first-order valence-corrected chi connectivity index (χ1v) is 5.68. The molecule has 2 heterocycles. The van der Waals surface area contributed by atoms with Gasteiger partial charge in [-0.15, -0.1) is 0 Å². The highest BCUT2D eigenvalue weighted by atomic mass is 79.9. The Morgan fingerprint density at radius 2 is 2.19 bits per heavy atom. The van der Waals surface area contributed by atoms with Crippen molar-refractivity contribution >= 4 is 43.6 Å². The van der Waals surface area contributed by atoms with Crippen LogP contribution in [0.1, 0.15) is 0 Å². The molecular weight excluding hydrogens is 268 g/mol. The van der Waals surface area contributed by atoms with Crippen LogP contribution in [-0.4, -0.2) is 22.0 Å². The van der Waals surface area contributed by atoms with Crippen molar-refractivity contribution in [3.05, 3.63) is 29.1 Å². The molecule has 0 saturated heterocycles. The first-order chi connectivity index (χ1) is 7.79. The Balaban J connectivity index is 2.50. The van der Waals surface area contributed by atoms with Gasteiger partial charge < -0.3 is 10.3 Å². The maximum atomic E-state index is 4.29. The fourth-order valence-electron chi connectivity index (χ4n) is 1.82. The Bertz CT molecular complexity index is 674. The Morgan fingerprint density at radius 3 is 3.00 bits per heavy atom. The van der Waals surface area contributed by atoms with Crippen molar-refractivity contribution in [3.8, 4) is 0 Å². The van der Waals surface area contributed by atoms with Crippen molar-refractivity contribution in [3.63, 3.8) is 0 Å². The Kier molecular flexibility index (Phi) is 2.07. The van der Waals surface area contributed by atoms with Crippen molar-refractivity contribution in [1.29, 1.82) is 0 Å². The van der Waals surface area contributed by atoms with Crippen LogP contribution in [0.5, 0.6) is 0 Å². The zero-order valence-electron chi connectivity index (χ0n) is 8.58. The number of nitrogens with one attached hydrogen (secondary N) is 2. The lowest BCUT2D eigenvalue weighted by Gasteiger charge is -2.04. The average Bonchev–Trinajstić information content (AvgIpc) is 2.78. The second kappa shape index (κ2) is 3.45. The molecule has 80 valence electrons. The minimum absolute atomic E-state index is 0.853. The fourth-order valence-corrected chi connectivity index (χ4v) is 2.37. The number of anilines is 1. The third kappa shape index (κ3) is 1.28. The smallest absolute Gasteiger partial charge is 0.126 e. The second-order valence-electron chi connectivity index (χ2n) is 3.53. The topological polar surface area (TPSA) is 53.6 Å². The molecule has 0 amide bonds. The van der Waals surface area contributed by atoms with E-state index in [-0.39, 0.29) is 0 Å². The van der Waals surface area contributed by atoms with Gasteiger partial charge in [-0.05, 0) is 28.1 Å². The molecule has 0 aliphatic carbocycles. The van der Waals surface area contributed by atoms with E-state index in [1.807, 2.05) is 25.4 Å². The summed E-state index contributed by atoms with van der Waals surface area (Å²) in [5.41, 5.74) is 1.98. The molecule has 16 heavy (non-hydrogen) atoms. The van der Waals surface area contributed by atoms with Crippen molar-refractivity contribution in [1.82, 2.24) is 15.0 Å². The molecule has 0 fully saturated rings. The maximum Gasteiger partial charge on any atom is 0.126 e. The number of fused-ring (bicyclic) bond motifs is 3. The lowest BCUT2D eigenvalue weighted by atomic mass is 10.1. The molecule has 2 aromatic heterocycles. The molecule has 0 aliphatic heterocycles. The molecule has 0 saturated carbocycles. The van der Waals surface area contributed by atoms with E-state index in [9.17, 15) is 0 Å². The molecule has 0 aliphatic rings. The number of aromatic nitrogens is 3. The first-order valence-electron chi connectivity index (χ1n) is 4.88. The van der Waals surface area contributed by atoms with Crippen LogP contribution in [0.2, 0.25) is 0 Å². The van der Waals surface area contributed by atoms with Gasteiger partial charge in [0.05, 0.1) is 11.8 Å². The monoisotopic (exact) mass is 276 g/mol. The molecule has 0 spiro atoms. The molecule has 3 rings (SSSR count). The minimum Gasteiger partial charge on any atom is -0.373 e. The summed E-state index contributed by atoms with van der Waals surface area (Å²) >= 11 is 3.51. The van der Waals surface area contributed by atoms with Crippen molar-refractivity contribution < 1.29 is 0 Å². The number of pyridine rings is 1. The van der Waals surface area contributed by atoms with Gasteiger partial charge in [0.1, 0.15) is 11.3 Å². The van der Waals surface area contributed by atoms with Gasteiger partial charge in [-0.2, -0.15) is 0 Å². The molecule has 4 nitrogen and oxygen atoms in total. The number of halogens is 1. The van der Waals surface area contributed by atoms with E-state index < -0.39 is 0 Å². The number of nitrogens with zero attached hydrogens (tertiary/aromatic N) is 2. The van der Waals surface area contributed by atoms with Crippen molar-refractivity contribution in [2.75, 3.05) is 12.4 Å². The van der Waals surface area contributed by atoms with Crippen molar-refractivity contribution in [2.45, 2.75) is 0 Å². The van der Waals surface area contributed by atoms with E-state index in [1.54, 1.807) is 6.33 Å². The van der Waals surface area contributed by atoms with Gasteiger partial charge in [0, 0.05) is 28.5 Å². The number of hydrogen-bond donors (Lipinski definition) is 2. The van der Waals surface area contributed by atoms with E-state index in [0.29, 0.717) is 0 Å². The van der Waals surface area contributed by atoms with Crippen LogP contribution < -0.4 is 5.32 Å². The number of rotatable bonds is 1. The summed E-state index contributed by atoms with van der Waals surface area (Å²) in [6.07, 6.45) is 3.56. The van der Waals surface area contributed by atoms with E-state index in [2.05, 4.69) is 36.2 Å². The minimum atomic E-state index is 0.853. The van der Waals surface area contributed by atoms with E-state index in [0.717, 1.165) is 32.1 Å².